The zero-order valence-electron chi connectivity index (χ0n) is 14.0. The van der Waals surface area contributed by atoms with E-state index in [-0.39, 0.29) is 16.5 Å². The van der Waals surface area contributed by atoms with Gasteiger partial charge in [-0.1, -0.05) is 35.1 Å². The van der Waals surface area contributed by atoms with Gasteiger partial charge in [0.1, 0.15) is 12.1 Å². The molecule has 0 unspecified atom stereocenters. The van der Waals surface area contributed by atoms with Crippen LogP contribution in [-0.4, -0.2) is 25.0 Å². The molecule has 0 fully saturated rings. The van der Waals surface area contributed by atoms with Gasteiger partial charge in [-0.25, -0.2) is 9.97 Å². The van der Waals surface area contributed by atoms with Crippen LogP contribution < -0.4 is 5.32 Å². The molecule has 1 aromatic carbocycles. The molecule has 0 saturated heterocycles. The molecule has 3 aromatic heterocycles. The number of pyridine rings is 1. The molecule has 134 valence electrons. The van der Waals surface area contributed by atoms with Gasteiger partial charge in [-0.3, -0.25) is 15.1 Å². The number of benzene rings is 1. The normalized spacial score (nSPS) is 10.9. The summed E-state index contributed by atoms with van der Waals surface area (Å²) >= 11 is 1.16. The first kappa shape index (κ1) is 16.9. The smallest absolute Gasteiger partial charge is 0.344 e. The summed E-state index contributed by atoms with van der Waals surface area (Å²) in [5, 5.41) is 19.4. The van der Waals surface area contributed by atoms with Crippen molar-refractivity contribution >= 4 is 40.0 Å². The van der Waals surface area contributed by atoms with E-state index in [1.165, 1.54) is 6.33 Å². The summed E-state index contributed by atoms with van der Waals surface area (Å²) in [6.07, 6.45) is 2.95. The number of fused-ring (bicyclic) bond motifs is 1. The number of nitro groups is 1. The van der Waals surface area contributed by atoms with Crippen LogP contribution in [0.5, 0.6) is 0 Å². The fourth-order valence-corrected chi connectivity index (χ4v) is 3.49. The van der Waals surface area contributed by atoms with E-state index >= 15 is 0 Å². The number of anilines is 2. The fraction of sp³-hybridized carbons (Fsp3) is 0.0588. The van der Waals surface area contributed by atoms with E-state index in [2.05, 4.69) is 25.4 Å². The van der Waals surface area contributed by atoms with Crippen LogP contribution in [0, 0.1) is 17.0 Å². The van der Waals surface area contributed by atoms with E-state index in [0.29, 0.717) is 11.6 Å². The molecule has 0 aliphatic heterocycles. The van der Waals surface area contributed by atoms with Crippen LogP contribution in [0.2, 0.25) is 0 Å². The second kappa shape index (κ2) is 7.00. The van der Waals surface area contributed by atoms with E-state index in [9.17, 15) is 10.1 Å². The van der Waals surface area contributed by atoms with Gasteiger partial charge in [0, 0.05) is 22.5 Å². The summed E-state index contributed by atoms with van der Waals surface area (Å²) in [5.41, 5.74) is 0.510. The maximum atomic E-state index is 11.7. The summed E-state index contributed by atoms with van der Waals surface area (Å²) in [7, 11) is 0. The summed E-state index contributed by atoms with van der Waals surface area (Å²) in [6.45, 7) is 1.72. The Hall–Kier alpha value is -3.53. The molecule has 0 radical (unpaired) electrons. The van der Waals surface area contributed by atoms with Crippen LogP contribution in [0.25, 0.3) is 10.9 Å². The highest BCUT2D eigenvalue weighted by atomic mass is 32.2. The number of hydrogen-bond acceptors (Lipinski definition) is 9. The summed E-state index contributed by atoms with van der Waals surface area (Å²) < 4.78 is 4.97. The Morgan fingerprint density at radius 2 is 2.04 bits per heavy atom. The molecule has 4 rings (SSSR count). The molecule has 0 atom stereocenters. The fourth-order valence-electron chi connectivity index (χ4n) is 2.50. The first-order valence-corrected chi connectivity index (χ1v) is 8.65. The largest absolute Gasteiger partial charge is 0.360 e. The molecule has 27 heavy (non-hydrogen) atoms. The van der Waals surface area contributed by atoms with Gasteiger partial charge in [0.25, 0.3) is 0 Å². The predicted molar refractivity (Wildman–Crippen MR) is 99.1 cm³/mol. The van der Waals surface area contributed by atoms with Crippen molar-refractivity contribution in [3.05, 3.63) is 64.8 Å². The number of rotatable bonds is 5. The third-order valence-electron chi connectivity index (χ3n) is 3.65. The Labute approximate surface area is 157 Å². The topological polar surface area (TPSA) is 120 Å². The van der Waals surface area contributed by atoms with Crippen LogP contribution in [0.4, 0.5) is 17.3 Å². The minimum atomic E-state index is -0.518. The van der Waals surface area contributed by atoms with Crippen LogP contribution in [0.15, 0.2) is 63.4 Å². The SMILES string of the molecule is Cc1cc(Nc2ncnc(Sc3cccc4cccnc34)c2[N+](=O)[O-])no1. The van der Waals surface area contributed by atoms with Crippen molar-refractivity contribution in [1.82, 2.24) is 20.1 Å². The maximum Gasteiger partial charge on any atom is 0.344 e. The number of aryl methyl sites for hydroxylation is 1. The Bertz CT molecular complexity index is 1140. The molecular formula is C17H12N6O3S. The second-order valence-corrected chi connectivity index (χ2v) is 6.54. The quantitative estimate of drug-likeness (QED) is 0.309. The van der Waals surface area contributed by atoms with Crippen LogP contribution in [-0.2, 0) is 0 Å². The second-order valence-electron chi connectivity index (χ2n) is 5.51. The molecule has 0 amide bonds. The number of nitrogens with one attached hydrogen (secondary N) is 1. The molecule has 1 N–H and O–H groups in total. The lowest BCUT2D eigenvalue weighted by Gasteiger charge is -2.07. The lowest BCUT2D eigenvalue weighted by Crippen LogP contribution is -2.03. The van der Waals surface area contributed by atoms with E-state index < -0.39 is 4.92 Å². The van der Waals surface area contributed by atoms with E-state index in [0.717, 1.165) is 27.6 Å². The van der Waals surface area contributed by atoms with Crippen LogP contribution in [0.1, 0.15) is 5.76 Å². The standard InChI is InChI=1S/C17H12N6O3S/c1-10-8-13(22-26-10)21-16-15(23(24)25)17(20-9-19-16)27-12-6-2-4-11-5-3-7-18-14(11)12/h2-9H,1H3,(H,19,20,21,22). The van der Waals surface area contributed by atoms with Gasteiger partial charge in [-0.2, -0.15) is 0 Å². The Balaban J connectivity index is 1.76. The van der Waals surface area contributed by atoms with Crippen LogP contribution in [0.3, 0.4) is 0 Å². The zero-order valence-corrected chi connectivity index (χ0v) is 14.8. The van der Waals surface area contributed by atoms with Crippen molar-refractivity contribution in [1.29, 1.82) is 0 Å². The minimum Gasteiger partial charge on any atom is -0.360 e. The number of aromatic nitrogens is 4. The molecule has 0 spiro atoms. The molecule has 0 aliphatic rings. The highest BCUT2D eigenvalue weighted by Gasteiger charge is 2.25. The number of hydrogen-bond donors (Lipinski definition) is 1. The van der Waals surface area contributed by atoms with E-state index in [1.54, 1.807) is 19.2 Å². The van der Waals surface area contributed by atoms with Crippen molar-refractivity contribution in [3.63, 3.8) is 0 Å². The van der Waals surface area contributed by atoms with Gasteiger partial charge in [0.2, 0.25) is 5.82 Å². The molecule has 0 aliphatic carbocycles. The number of nitrogens with zero attached hydrogens (tertiary/aromatic N) is 5. The molecule has 0 bridgehead atoms. The molecule has 10 heteroatoms. The van der Waals surface area contributed by atoms with Gasteiger partial charge < -0.3 is 9.84 Å². The Kier molecular flexibility index (Phi) is 4.38. The van der Waals surface area contributed by atoms with Gasteiger partial charge in [-0.15, -0.1) is 0 Å². The van der Waals surface area contributed by atoms with Crippen LogP contribution >= 0.6 is 11.8 Å². The molecule has 4 aromatic rings. The third kappa shape index (κ3) is 3.42. The maximum absolute atomic E-state index is 11.7. The molecule has 9 nitrogen and oxygen atoms in total. The van der Waals surface area contributed by atoms with E-state index in [4.69, 9.17) is 4.52 Å². The predicted octanol–water partition coefficient (Wildman–Crippen LogP) is 4.12. The average molecular weight is 380 g/mol. The van der Waals surface area contributed by atoms with Crippen molar-refractivity contribution in [2.45, 2.75) is 16.8 Å². The lowest BCUT2D eigenvalue weighted by atomic mass is 10.2. The highest BCUT2D eigenvalue weighted by Crippen LogP contribution is 2.39. The van der Waals surface area contributed by atoms with E-state index in [1.807, 2.05) is 30.3 Å². The summed E-state index contributed by atoms with van der Waals surface area (Å²) in [4.78, 5) is 24.4. The number of para-hydroxylation sites is 1. The van der Waals surface area contributed by atoms with Gasteiger partial charge in [0.15, 0.2) is 10.8 Å². The zero-order chi connectivity index (χ0) is 18.8. The van der Waals surface area contributed by atoms with Crippen molar-refractivity contribution in [3.8, 4) is 0 Å². The monoisotopic (exact) mass is 380 g/mol. The molecule has 3 heterocycles. The van der Waals surface area contributed by atoms with Gasteiger partial charge >= 0.3 is 5.69 Å². The van der Waals surface area contributed by atoms with Gasteiger partial charge in [-0.05, 0) is 19.1 Å². The molecular weight excluding hydrogens is 368 g/mol. The lowest BCUT2D eigenvalue weighted by molar-refractivity contribution is -0.387. The Morgan fingerprint density at radius 1 is 1.19 bits per heavy atom. The Morgan fingerprint density at radius 3 is 2.81 bits per heavy atom. The minimum absolute atomic E-state index is 0.0407. The first-order valence-electron chi connectivity index (χ1n) is 7.83. The third-order valence-corrected chi connectivity index (χ3v) is 4.69. The first-order chi connectivity index (χ1) is 13.1. The highest BCUT2D eigenvalue weighted by molar-refractivity contribution is 7.99. The average Bonchev–Trinajstić information content (AvgIpc) is 3.07. The van der Waals surface area contributed by atoms with Gasteiger partial charge in [0.05, 0.1) is 10.4 Å². The van der Waals surface area contributed by atoms with Crippen molar-refractivity contribution in [2.24, 2.45) is 0 Å². The van der Waals surface area contributed by atoms with Crippen molar-refractivity contribution < 1.29 is 9.45 Å². The molecule has 0 saturated carbocycles. The van der Waals surface area contributed by atoms with Crippen molar-refractivity contribution in [2.75, 3.05) is 5.32 Å². The summed E-state index contributed by atoms with van der Waals surface area (Å²) in [5.74, 6) is 0.946. The summed E-state index contributed by atoms with van der Waals surface area (Å²) in [6, 6.07) is 11.0.